The SMILES string of the molecule is COc1ccc(C(=O)CCC(=O)N/N=C(/c2csc3ccccc23)C(F)F)cc1OC. The molecule has 31 heavy (non-hydrogen) atoms. The van der Waals surface area contributed by atoms with E-state index in [9.17, 15) is 18.4 Å². The number of hydrogen-bond donors (Lipinski definition) is 1. The van der Waals surface area contributed by atoms with Crippen LogP contribution in [0.1, 0.15) is 28.8 Å². The highest BCUT2D eigenvalue weighted by atomic mass is 32.1. The van der Waals surface area contributed by atoms with Gasteiger partial charge in [0.1, 0.15) is 5.71 Å². The Kier molecular flexibility index (Phi) is 7.30. The standard InChI is InChI=1S/C22H20F2N2O4S/c1-29-17-9-7-13(11-18(17)30-2)16(27)8-10-20(28)25-26-21(22(23)24)15-12-31-19-6-4-3-5-14(15)19/h3-7,9,11-12,22H,8,10H2,1-2H3,(H,25,28)/b26-21-. The molecule has 6 nitrogen and oxygen atoms in total. The number of hydrazone groups is 1. The summed E-state index contributed by atoms with van der Waals surface area (Å²) < 4.78 is 38.2. The Morgan fingerprint density at radius 1 is 1.06 bits per heavy atom. The summed E-state index contributed by atoms with van der Waals surface area (Å²) in [4.78, 5) is 24.5. The number of rotatable bonds is 9. The minimum Gasteiger partial charge on any atom is -0.493 e. The number of ether oxygens (including phenoxy) is 2. The van der Waals surface area contributed by atoms with Crippen molar-refractivity contribution in [3.8, 4) is 11.5 Å². The molecule has 162 valence electrons. The lowest BCUT2D eigenvalue weighted by atomic mass is 10.1. The number of carbonyl (C=O) groups is 2. The van der Waals surface area contributed by atoms with Gasteiger partial charge in [0.25, 0.3) is 6.43 Å². The highest BCUT2D eigenvalue weighted by molar-refractivity contribution is 7.17. The molecule has 2 aromatic carbocycles. The third-order valence-electron chi connectivity index (χ3n) is 4.55. The number of thiophene rings is 1. The van der Waals surface area contributed by atoms with Crippen LogP contribution in [0, 0.1) is 0 Å². The van der Waals surface area contributed by atoms with Crippen molar-refractivity contribution in [1.82, 2.24) is 5.43 Å². The van der Waals surface area contributed by atoms with Crippen LogP contribution in [0.3, 0.4) is 0 Å². The Morgan fingerprint density at radius 3 is 2.52 bits per heavy atom. The van der Waals surface area contributed by atoms with E-state index < -0.39 is 18.0 Å². The topological polar surface area (TPSA) is 77.0 Å². The number of halogens is 2. The summed E-state index contributed by atoms with van der Waals surface area (Å²) in [6.07, 6.45) is -3.17. The highest BCUT2D eigenvalue weighted by Crippen LogP contribution is 2.29. The zero-order valence-electron chi connectivity index (χ0n) is 16.9. The zero-order valence-corrected chi connectivity index (χ0v) is 17.7. The number of hydrogen-bond acceptors (Lipinski definition) is 6. The van der Waals surface area contributed by atoms with Gasteiger partial charge in [0, 0.05) is 39.4 Å². The van der Waals surface area contributed by atoms with E-state index in [2.05, 4.69) is 10.5 Å². The van der Waals surface area contributed by atoms with E-state index in [1.165, 1.54) is 31.6 Å². The zero-order chi connectivity index (χ0) is 22.4. The van der Waals surface area contributed by atoms with Crippen molar-refractivity contribution in [3.05, 3.63) is 59.0 Å². The Labute approximate surface area is 181 Å². The van der Waals surface area contributed by atoms with Crippen molar-refractivity contribution >= 4 is 38.8 Å². The summed E-state index contributed by atoms with van der Waals surface area (Å²) in [7, 11) is 2.94. The molecule has 0 aliphatic heterocycles. The van der Waals surface area contributed by atoms with Crippen molar-refractivity contribution in [2.24, 2.45) is 5.10 Å². The minimum absolute atomic E-state index is 0.109. The van der Waals surface area contributed by atoms with Gasteiger partial charge in [0.2, 0.25) is 5.91 Å². The molecule has 3 rings (SSSR count). The molecule has 0 saturated heterocycles. The molecule has 0 atom stereocenters. The van der Waals surface area contributed by atoms with E-state index in [1.54, 1.807) is 29.6 Å². The summed E-state index contributed by atoms with van der Waals surface area (Å²) >= 11 is 1.32. The van der Waals surface area contributed by atoms with Gasteiger partial charge in [-0.25, -0.2) is 14.2 Å². The van der Waals surface area contributed by atoms with Gasteiger partial charge < -0.3 is 9.47 Å². The van der Waals surface area contributed by atoms with Crippen molar-refractivity contribution < 1.29 is 27.8 Å². The number of amides is 1. The molecule has 3 aromatic rings. The van der Waals surface area contributed by atoms with E-state index in [1.807, 2.05) is 12.1 Å². The van der Waals surface area contributed by atoms with Crippen molar-refractivity contribution in [3.63, 3.8) is 0 Å². The lowest BCUT2D eigenvalue weighted by Crippen LogP contribution is -2.23. The van der Waals surface area contributed by atoms with Crippen LogP contribution >= 0.6 is 11.3 Å². The van der Waals surface area contributed by atoms with Gasteiger partial charge >= 0.3 is 0 Å². The number of ketones is 1. The number of carbonyl (C=O) groups excluding carboxylic acids is 2. The largest absolute Gasteiger partial charge is 0.493 e. The van der Waals surface area contributed by atoms with Gasteiger partial charge in [-0.3, -0.25) is 9.59 Å². The fraction of sp³-hybridized carbons (Fsp3) is 0.227. The van der Waals surface area contributed by atoms with Crippen molar-refractivity contribution in [2.45, 2.75) is 19.3 Å². The van der Waals surface area contributed by atoms with E-state index in [4.69, 9.17) is 9.47 Å². The van der Waals surface area contributed by atoms with Gasteiger partial charge in [-0.1, -0.05) is 18.2 Å². The molecule has 0 unspecified atom stereocenters. The van der Waals surface area contributed by atoms with Crippen LogP contribution in [0.25, 0.3) is 10.1 Å². The van der Waals surface area contributed by atoms with E-state index >= 15 is 0 Å². The van der Waals surface area contributed by atoms with Gasteiger partial charge in [0.15, 0.2) is 17.3 Å². The second-order valence-corrected chi connectivity index (χ2v) is 7.38. The van der Waals surface area contributed by atoms with Crippen LogP contribution < -0.4 is 14.9 Å². The average Bonchev–Trinajstić information content (AvgIpc) is 3.20. The fourth-order valence-electron chi connectivity index (χ4n) is 2.96. The van der Waals surface area contributed by atoms with E-state index in [-0.39, 0.29) is 24.2 Å². The maximum Gasteiger partial charge on any atom is 0.282 e. The molecule has 1 heterocycles. The summed E-state index contributed by atoms with van der Waals surface area (Å²) in [5, 5.41) is 5.87. The number of Topliss-reactive ketones (excluding diaryl/α,β-unsaturated/α-hetero) is 1. The van der Waals surface area contributed by atoms with Crippen LogP contribution in [-0.2, 0) is 4.79 Å². The second kappa shape index (κ2) is 10.1. The molecule has 0 bridgehead atoms. The number of alkyl halides is 2. The quantitative estimate of drug-likeness (QED) is 0.295. The normalized spacial score (nSPS) is 11.6. The maximum atomic E-state index is 13.6. The fourth-order valence-corrected chi connectivity index (χ4v) is 3.92. The third-order valence-corrected chi connectivity index (χ3v) is 5.51. The molecule has 0 fully saturated rings. The molecule has 0 spiro atoms. The molecular weight excluding hydrogens is 426 g/mol. The maximum absolute atomic E-state index is 13.6. The van der Waals surface area contributed by atoms with Crippen LogP contribution in [0.2, 0.25) is 0 Å². The molecule has 1 N–H and O–H groups in total. The first-order valence-electron chi connectivity index (χ1n) is 9.31. The van der Waals surface area contributed by atoms with Crippen molar-refractivity contribution in [2.75, 3.05) is 14.2 Å². The first-order valence-corrected chi connectivity index (χ1v) is 10.2. The van der Waals surface area contributed by atoms with Crippen molar-refractivity contribution in [1.29, 1.82) is 0 Å². The van der Waals surface area contributed by atoms with E-state index in [0.717, 1.165) is 4.70 Å². The first kappa shape index (κ1) is 22.4. The monoisotopic (exact) mass is 446 g/mol. The molecule has 0 saturated carbocycles. The van der Waals surface area contributed by atoms with Gasteiger partial charge in [0.05, 0.1) is 14.2 Å². The summed E-state index contributed by atoms with van der Waals surface area (Å²) in [5.41, 5.74) is 2.25. The molecular formula is C22H20F2N2O4S. The van der Waals surface area contributed by atoms with Crippen LogP contribution in [0.15, 0.2) is 52.9 Å². The summed E-state index contributed by atoms with van der Waals surface area (Å²) in [6, 6.07) is 11.8. The summed E-state index contributed by atoms with van der Waals surface area (Å²) in [5.74, 6) is -0.0527. The second-order valence-electron chi connectivity index (χ2n) is 6.47. The number of benzene rings is 2. The molecule has 0 aliphatic rings. The Morgan fingerprint density at radius 2 is 1.81 bits per heavy atom. The number of methoxy groups -OCH3 is 2. The lowest BCUT2D eigenvalue weighted by molar-refractivity contribution is -0.121. The Bertz CT molecular complexity index is 1130. The molecule has 1 aromatic heterocycles. The van der Waals surface area contributed by atoms with Gasteiger partial charge in [-0.05, 0) is 24.3 Å². The molecule has 1 amide bonds. The predicted octanol–water partition coefficient (Wildman–Crippen LogP) is 4.67. The minimum atomic E-state index is -2.87. The Hall–Kier alpha value is -3.33. The first-order chi connectivity index (χ1) is 14.9. The molecule has 0 aliphatic carbocycles. The smallest absolute Gasteiger partial charge is 0.282 e. The average molecular weight is 446 g/mol. The lowest BCUT2D eigenvalue weighted by Gasteiger charge is -2.09. The van der Waals surface area contributed by atoms with Crippen LogP contribution in [-0.4, -0.2) is 38.0 Å². The number of nitrogens with zero attached hydrogens (tertiary/aromatic N) is 1. The van der Waals surface area contributed by atoms with Gasteiger partial charge in [-0.2, -0.15) is 5.10 Å². The number of nitrogens with one attached hydrogen (secondary N) is 1. The summed E-state index contributed by atoms with van der Waals surface area (Å²) in [6.45, 7) is 0. The molecule has 0 radical (unpaired) electrons. The van der Waals surface area contributed by atoms with Crippen LogP contribution in [0.5, 0.6) is 11.5 Å². The Balaban J connectivity index is 1.65. The number of fused-ring (bicyclic) bond motifs is 1. The predicted molar refractivity (Wildman–Crippen MR) is 116 cm³/mol. The van der Waals surface area contributed by atoms with Gasteiger partial charge in [-0.15, -0.1) is 11.3 Å². The highest BCUT2D eigenvalue weighted by Gasteiger charge is 2.20. The third kappa shape index (κ3) is 5.24. The molecule has 9 heteroatoms. The van der Waals surface area contributed by atoms with E-state index in [0.29, 0.717) is 22.4 Å². The van der Waals surface area contributed by atoms with Crippen LogP contribution in [0.4, 0.5) is 8.78 Å².